The molecule has 0 saturated heterocycles. The first-order chi connectivity index (χ1) is 13.5. The quantitative estimate of drug-likeness (QED) is 0.541. The van der Waals surface area contributed by atoms with Crippen molar-refractivity contribution >= 4 is 17.0 Å². The number of hydrogen-bond donors (Lipinski definition) is 3. The van der Waals surface area contributed by atoms with Crippen molar-refractivity contribution in [3.8, 4) is 11.4 Å². The Morgan fingerprint density at radius 1 is 1.18 bits per heavy atom. The Kier molecular flexibility index (Phi) is 5.93. The molecule has 150 valence electrons. The van der Waals surface area contributed by atoms with Gasteiger partial charge in [-0.25, -0.2) is 14.8 Å². The van der Waals surface area contributed by atoms with Crippen LogP contribution in [0.3, 0.4) is 0 Å². The van der Waals surface area contributed by atoms with Crippen molar-refractivity contribution in [2.45, 2.75) is 52.7 Å². The number of aliphatic hydroxyl groups is 1. The standard InChI is InChI=1S/C19H26N6O3/c1-4-8-24-17-15(18(27)25(9-5-2)19(24)28)22-16(23-17)13-6-7-14(20-10-13)21-12(3)11-26/h6-7,10,12,26H,4-5,8-9,11H2,1-3H3,(H,20,21)(H,22,23). The highest BCUT2D eigenvalue weighted by molar-refractivity contribution is 5.75. The Morgan fingerprint density at radius 2 is 1.89 bits per heavy atom. The largest absolute Gasteiger partial charge is 0.394 e. The summed E-state index contributed by atoms with van der Waals surface area (Å²) in [7, 11) is 0. The van der Waals surface area contributed by atoms with Crippen molar-refractivity contribution < 1.29 is 5.11 Å². The molecule has 0 bridgehead atoms. The fourth-order valence-corrected chi connectivity index (χ4v) is 3.07. The molecule has 28 heavy (non-hydrogen) atoms. The Morgan fingerprint density at radius 3 is 2.50 bits per heavy atom. The Bertz CT molecular complexity index is 1060. The maximum atomic E-state index is 12.8. The van der Waals surface area contributed by atoms with Gasteiger partial charge in [-0.15, -0.1) is 0 Å². The molecular weight excluding hydrogens is 360 g/mol. The number of nitrogens with zero attached hydrogens (tertiary/aromatic N) is 4. The number of fused-ring (bicyclic) bond motifs is 1. The summed E-state index contributed by atoms with van der Waals surface area (Å²) in [5, 5.41) is 12.2. The molecular formula is C19H26N6O3. The molecule has 0 aliphatic rings. The van der Waals surface area contributed by atoms with E-state index in [9.17, 15) is 9.59 Å². The van der Waals surface area contributed by atoms with Crippen LogP contribution in [0, 0.1) is 0 Å². The summed E-state index contributed by atoms with van der Waals surface area (Å²) in [5.74, 6) is 1.12. The summed E-state index contributed by atoms with van der Waals surface area (Å²) in [6.07, 6.45) is 3.09. The third-order valence-corrected chi connectivity index (χ3v) is 4.46. The van der Waals surface area contributed by atoms with E-state index in [-0.39, 0.29) is 23.9 Å². The molecule has 0 radical (unpaired) electrons. The molecule has 9 nitrogen and oxygen atoms in total. The summed E-state index contributed by atoms with van der Waals surface area (Å²) >= 11 is 0. The van der Waals surface area contributed by atoms with Crippen LogP contribution in [0.2, 0.25) is 0 Å². The van der Waals surface area contributed by atoms with E-state index in [1.54, 1.807) is 16.8 Å². The molecule has 0 amide bonds. The summed E-state index contributed by atoms with van der Waals surface area (Å²) in [6.45, 7) is 6.62. The molecule has 3 aromatic rings. The van der Waals surface area contributed by atoms with Crippen molar-refractivity contribution in [1.29, 1.82) is 0 Å². The third kappa shape index (κ3) is 3.70. The summed E-state index contributed by atoms with van der Waals surface area (Å²) in [5.41, 5.74) is 0.726. The lowest BCUT2D eigenvalue weighted by Gasteiger charge is -2.11. The molecule has 3 heterocycles. The molecule has 1 atom stereocenters. The number of nitrogens with one attached hydrogen (secondary N) is 2. The maximum Gasteiger partial charge on any atom is 0.332 e. The first kappa shape index (κ1) is 19.8. The van der Waals surface area contributed by atoms with Crippen LogP contribution in [0.15, 0.2) is 27.9 Å². The van der Waals surface area contributed by atoms with Crippen LogP contribution < -0.4 is 16.6 Å². The van der Waals surface area contributed by atoms with Gasteiger partial charge in [-0.05, 0) is 31.9 Å². The van der Waals surface area contributed by atoms with E-state index in [1.807, 2.05) is 26.8 Å². The predicted octanol–water partition coefficient (Wildman–Crippen LogP) is 1.56. The van der Waals surface area contributed by atoms with Crippen LogP contribution in [0.5, 0.6) is 0 Å². The number of imidazole rings is 1. The fourth-order valence-electron chi connectivity index (χ4n) is 3.07. The van der Waals surface area contributed by atoms with Gasteiger partial charge in [0.25, 0.3) is 5.56 Å². The number of aromatic amines is 1. The van der Waals surface area contributed by atoms with Gasteiger partial charge in [0.15, 0.2) is 5.65 Å². The molecule has 0 spiro atoms. The van der Waals surface area contributed by atoms with Gasteiger partial charge in [-0.1, -0.05) is 13.8 Å². The number of H-pyrrole nitrogens is 1. The number of rotatable bonds is 8. The first-order valence-electron chi connectivity index (χ1n) is 9.57. The molecule has 0 saturated carbocycles. The lowest BCUT2D eigenvalue weighted by molar-refractivity contribution is 0.281. The molecule has 1 unspecified atom stereocenters. The molecule has 3 rings (SSSR count). The van der Waals surface area contributed by atoms with E-state index in [4.69, 9.17) is 5.11 Å². The third-order valence-electron chi connectivity index (χ3n) is 4.46. The fraction of sp³-hybridized carbons (Fsp3) is 0.474. The maximum absolute atomic E-state index is 12.8. The van der Waals surface area contributed by atoms with E-state index < -0.39 is 0 Å². The highest BCUT2D eigenvalue weighted by Gasteiger charge is 2.17. The minimum atomic E-state index is -0.351. The van der Waals surface area contributed by atoms with Gasteiger partial charge in [-0.3, -0.25) is 13.9 Å². The van der Waals surface area contributed by atoms with E-state index in [0.717, 1.165) is 6.42 Å². The highest BCUT2D eigenvalue weighted by atomic mass is 16.3. The molecule has 3 N–H and O–H groups in total. The summed E-state index contributed by atoms with van der Waals surface area (Å²) in [4.78, 5) is 37.4. The average molecular weight is 386 g/mol. The van der Waals surface area contributed by atoms with E-state index in [0.29, 0.717) is 47.9 Å². The van der Waals surface area contributed by atoms with Gasteiger partial charge in [-0.2, -0.15) is 0 Å². The van der Waals surface area contributed by atoms with E-state index in [1.165, 1.54) is 4.57 Å². The molecule has 0 aliphatic heterocycles. The second-order valence-corrected chi connectivity index (χ2v) is 6.84. The average Bonchev–Trinajstić information content (AvgIpc) is 3.14. The second kappa shape index (κ2) is 8.39. The predicted molar refractivity (Wildman–Crippen MR) is 109 cm³/mol. The smallest absolute Gasteiger partial charge is 0.332 e. The van der Waals surface area contributed by atoms with Crippen molar-refractivity contribution in [2.75, 3.05) is 11.9 Å². The zero-order chi connectivity index (χ0) is 20.3. The van der Waals surface area contributed by atoms with Gasteiger partial charge in [0, 0.05) is 30.9 Å². The number of anilines is 1. The Labute approximate surface area is 162 Å². The minimum Gasteiger partial charge on any atom is -0.394 e. The topological polar surface area (TPSA) is 118 Å². The van der Waals surface area contributed by atoms with Gasteiger partial charge in [0.05, 0.1) is 6.61 Å². The highest BCUT2D eigenvalue weighted by Crippen LogP contribution is 2.19. The zero-order valence-electron chi connectivity index (χ0n) is 16.4. The van der Waals surface area contributed by atoms with E-state index in [2.05, 4.69) is 20.3 Å². The Balaban J connectivity index is 2.08. The number of hydrogen-bond acceptors (Lipinski definition) is 6. The number of aromatic nitrogens is 5. The summed E-state index contributed by atoms with van der Waals surface area (Å²) < 4.78 is 2.82. The van der Waals surface area contributed by atoms with Gasteiger partial charge in [0.1, 0.15) is 17.2 Å². The lowest BCUT2D eigenvalue weighted by atomic mass is 10.2. The first-order valence-corrected chi connectivity index (χ1v) is 9.57. The molecule has 9 heteroatoms. The number of aliphatic hydroxyl groups excluding tert-OH is 1. The van der Waals surface area contributed by atoms with Crippen LogP contribution in [0.25, 0.3) is 22.6 Å². The van der Waals surface area contributed by atoms with Crippen molar-refractivity contribution in [1.82, 2.24) is 24.1 Å². The molecule has 0 aromatic carbocycles. The van der Waals surface area contributed by atoms with Gasteiger partial charge < -0.3 is 15.4 Å². The number of aryl methyl sites for hydroxylation is 1. The number of pyridine rings is 1. The van der Waals surface area contributed by atoms with Gasteiger partial charge >= 0.3 is 5.69 Å². The SMILES string of the molecule is CCCn1c(=O)c2[nH]c(-c3ccc(NC(C)CO)nc3)nc2n(CCC)c1=O. The Hall–Kier alpha value is -2.94. The van der Waals surface area contributed by atoms with Crippen LogP contribution >= 0.6 is 0 Å². The monoisotopic (exact) mass is 386 g/mol. The van der Waals surface area contributed by atoms with Crippen LogP contribution in [0.1, 0.15) is 33.6 Å². The minimum absolute atomic E-state index is 0.00595. The van der Waals surface area contributed by atoms with Crippen molar-refractivity contribution in [3.05, 3.63) is 39.2 Å². The normalized spacial score (nSPS) is 12.4. The molecule has 0 fully saturated rings. The molecule has 3 aromatic heterocycles. The second-order valence-electron chi connectivity index (χ2n) is 6.84. The van der Waals surface area contributed by atoms with E-state index >= 15 is 0 Å². The van der Waals surface area contributed by atoms with Crippen molar-refractivity contribution in [2.24, 2.45) is 0 Å². The zero-order valence-corrected chi connectivity index (χ0v) is 16.4. The molecule has 0 aliphatic carbocycles. The van der Waals surface area contributed by atoms with Crippen LogP contribution in [-0.2, 0) is 13.1 Å². The lowest BCUT2D eigenvalue weighted by Crippen LogP contribution is -2.40. The van der Waals surface area contributed by atoms with Crippen molar-refractivity contribution in [3.63, 3.8) is 0 Å². The van der Waals surface area contributed by atoms with Gasteiger partial charge in [0.2, 0.25) is 0 Å². The van der Waals surface area contributed by atoms with Crippen LogP contribution in [-0.4, -0.2) is 41.8 Å². The van der Waals surface area contributed by atoms with Crippen LogP contribution in [0.4, 0.5) is 5.82 Å². The summed E-state index contributed by atoms with van der Waals surface area (Å²) in [6, 6.07) is 3.50.